The van der Waals surface area contributed by atoms with Crippen molar-refractivity contribution in [3.8, 4) is 42.4 Å². The second-order valence-electron chi connectivity index (χ2n) is 16.5. The topological polar surface area (TPSA) is 25.8 Å². The molecule has 3 heterocycles. The SMILES string of the molecule is CCCCCCCCCCCCC1(CCCCCCCCCCCC)c2ccccc2-c2ccc(-c3ccc(-c4ccc(-c5cccs5)c5nsnc45)s3)cc21. The Hall–Kier alpha value is -3.12. The fraction of sp³-hybridized carbons (Fsp3) is 0.490. The molecule has 0 bridgehead atoms. The lowest BCUT2D eigenvalue weighted by molar-refractivity contribution is 0.397. The van der Waals surface area contributed by atoms with E-state index in [1.807, 2.05) is 11.3 Å². The number of aromatic nitrogens is 2. The molecule has 5 heteroatoms. The Morgan fingerprint density at radius 1 is 0.446 bits per heavy atom. The zero-order chi connectivity index (χ0) is 38.4. The van der Waals surface area contributed by atoms with Crippen LogP contribution < -0.4 is 0 Å². The van der Waals surface area contributed by atoms with Gasteiger partial charge in [0.1, 0.15) is 11.0 Å². The predicted octanol–water partition coefficient (Wildman–Crippen LogP) is 17.7. The van der Waals surface area contributed by atoms with Crippen LogP contribution in [-0.4, -0.2) is 8.75 Å². The number of rotatable bonds is 25. The Kier molecular flexibility index (Phi) is 15.4. The summed E-state index contributed by atoms with van der Waals surface area (Å²) in [7, 11) is 0. The summed E-state index contributed by atoms with van der Waals surface area (Å²) in [6, 6.07) is 30.4. The van der Waals surface area contributed by atoms with E-state index >= 15 is 0 Å². The minimum absolute atomic E-state index is 0.0956. The lowest BCUT2D eigenvalue weighted by Gasteiger charge is -2.33. The second-order valence-corrected chi connectivity index (χ2v) is 19.1. The zero-order valence-electron chi connectivity index (χ0n) is 34.3. The van der Waals surface area contributed by atoms with Crippen molar-refractivity contribution in [3.63, 3.8) is 0 Å². The van der Waals surface area contributed by atoms with Crippen molar-refractivity contribution in [2.24, 2.45) is 0 Å². The van der Waals surface area contributed by atoms with Crippen molar-refractivity contribution >= 4 is 45.4 Å². The van der Waals surface area contributed by atoms with E-state index in [0.29, 0.717) is 0 Å². The fourth-order valence-corrected chi connectivity index (χ4v) is 11.8. The van der Waals surface area contributed by atoms with E-state index in [1.54, 1.807) is 22.5 Å². The Labute approximate surface area is 350 Å². The van der Waals surface area contributed by atoms with Crippen LogP contribution in [0.4, 0.5) is 0 Å². The van der Waals surface area contributed by atoms with Crippen LogP contribution in [-0.2, 0) is 5.41 Å². The Morgan fingerprint density at radius 3 is 1.55 bits per heavy atom. The van der Waals surface area contributed by atoms with Crippen LogP contribution in [0.3, 0.4) is 0 Å². The van der Waals surface area contributed by atoms with Gasteiger partial charge in [0.05, 0.1) is 11.7 Å². The highest BCUT2D eigenvalue weighted by atomic mass is 32.1. The van der Waals surface area contributed by atoms with E-state index in [4.69, 9.17) is 8.75 Å². The molecule has 3 aromatic carbocycles. The Bertz CT molecular complexity index is 2040. The highest BCUT2D eigenvalue weighted by Crippen LogP contribution is 2.55. The molecule has 3 aromatic heterocycles. The molecule has 7 rings (SSSR count). The maximum atomic E-state index is 4.81. The summed E-state index contributed by atoms with van der Waals surface area (Å²) in [6.45, 7) is 4.63. The van der Waals surface area contributed by atoms with Crippen LogP contribution >= 0.6 is 34.4 Å². The van der Waals surface area contributed by atoms with Crippen molar-refractivity contribution < 1.29 is 0 Å². The standard InChI is InChI=1S/C51H64N2S3/c1-3-5-7-9-11-13-15-17-19-23-35-51(36-24-20-18-16-14-12-10-8-6-4-2)44-27-22-21-26-40(44)41-30-29-39(38-45(41)51)46-33-34-48(55-46)43-32-31-42(47-28-25-37-54-47)49-50(43)53-56-52-49/h21-22,25-34,37-38H,3-20,23-24,35-36H2,1-2H3. The summed E-state index contributed by atoms with van der Waals surface area (Å²) in [5.74, 6) is 0. The third-order valence-electron chi connectivity index (χ3n) is 12.5. The monoisotopic (exact) mass is 800 g/mol. The molecular formula is C51H64N2S3. The molecule has 0 amide bonds. The van der Waals surface area contributed by atoms with Gasteiger partial charge in [-0.05, 0) is 70.3 Å². The van der Waals surface area contributed by atoms with Gasteiger partial charge in [0.2, 0.25) is 0 Å². The molecule has 296 valence electrons. The van der Waals surface area contributed by atoms with Crippen LogP contribution in [0.25, 0.3) is 53.5 Å². The van der Waals surface area contributed by atoms with Gasteiger partial charge < -0.3 is 0 Å². The quantitative estimate of drug-likeness (QED) is 0.0539. The van der Waals surface area contributed by atoms with E-state index in [-0.39, 0.29) is 5.41 Å². The first kappa shape index (κ1) is 41.1. The summed E-state index contributed by atoms with van der Waals surface area (Å²) < 4.78 is 9.57. The molecule has 0 aliphatic heterocycles. The van der Waals surface area contributed by atoms with Crippen LogP contribution in [0.1, 0.15) is 166 Å². The molecule has 0 fully saturated rings. The molecule has 6 aromatic rings. The van der Waals surface area contributed by atoms with Gasteiger partial charge in [0.15, 0.2) is 0 Å². The highest BCUT2D eigenvalue weighted by molar-refractivity contribution is 7.19. The average Bonchev–Trinajstić information content (AvgIpc) is 4.07. The average molecular weight is 801 g/mol. The lowest BCUT2D eigenvalue weighted by atomic mass is 9.70. The number of thiophene rings is 2. The first-order valence-electron chi connectivity index (χ1n) is 22.4. The summed E-state index contributed by atoms with van der Waals surface area (Å²) in [5.41, 5.74) is 12.0. The van der Waals surface area contributed by atoms with Gasteiger partial charge >= 0.3 is 0 Å². The third kappa shape index (κ3) is 9.76. The highest BCUT2D eigenvalue weighted by Gasteiger charge is 2.42. The molecule has 0 saturated heterocycles. The molecule has 0 unspecified atom stereocenters. The first-order chi connectivity index (χ1) is 27.7. The zero-order valence-corrected chi connectivity index (χ0v) is 36.7. The van der Waals surface area contributed by atoms with Gasteiger partial charge in [-0.2, -0.15) is 8.75 Å². The number of benzene rings is 3. The summed E-state index contributed by atoms with van der Waals surface area (Å²) in [6.07, 6.45) is 30.2. The molecule has 2 nitrogen and oxygen atoms in total. The maximum Gasteiger partial charge on any atom is 0.114 e. The molecule has 0 atom stereocenters. The molecule has 0 saturated carbocycles. The van der Waals surface area contributed by atoms with Gasteiger partial charge in [-0.1, -0.05) is 197 Å². The molecule has 0 spiro atoms. The number of hydrogen-bond donors (Lipinski definition) is 0. The van der Waals surface area contributed by atoms with Gasteiger partial charge in [-0.3, -0.25) is 0 Å². The number of hydrogen-bond acceptors (Lipinski definition) is 5. The Balaban J connectivity index is 1.10. The van der Waals surface area contributed by atoms with Crippen molar-refractivity contribution in [2.45, 2.75) is 161 Å². The summed E-state index contributed by atoms with van der Waals surface area (Å²) in [5, 5.41) is 2.14. The number of unbranched alkanes of at least 4 members (excludes halogenated alkanes) is 18. The first-order valence-corrected chi connectivity index (χ1v) is 24.8. The van der Waals surface area contributed by atoms with Gasteiger partial charge in [-0.15, -0.1) is 22.7 Å². The minimum atomic E-state index is 0.0956. The van der Waals surface area contributed by atoms with Crippen LogP contribution in [0.5, 0.6) is 0 Å². The van der Waals surface area contributed by atoms with E-state index in [2.05, 4.69) is 98.1 Å². The summed E-state index contributed by atoms with van der Waals surface area (Å²) >= 11 is 4.99. The van der Waals surface area contributed by atoms with Gasteiger partial charge in [0.25, 0.3) is 0 Å². The largest absolute Gasteiger partial charge is 0.172 e. The van der Waals surface area contributed by atoms with E-state index in [9.17, 15) is 0 Å². The van der Waals surface area contributed by atoms with Crippen molar-refractivity contribution in [2.75, 3.05) is 0 Å². The Morgan fingerprint density at radius 2 is 0.964 bits per heavy atom. The molecule has 1 aliphatic rings. The fourth-order valence-electron chi connectivity index (χ4n) is 9.43. The van der Waals surface area contributed by atoms with E-state index in [0.717, 1.165) is 11.0 Å². The van der Waals surface area contributed by atoms with Gasteiger partial charge in [0, 0.05) is 31.2 Å². The van der Waals surface area contributed by atoms with Gasteiger partial charge in [-0.25, -0.2) is 0 Å². The minimum Gasteiger partial charge on any atom is -0.172 e. The van der Waals surface area contributed by atoms with Crippen molar-refractivity contribution in [1.29, 1.82) is 0 Å². The molecule has 1 aliphatic carbocycles. The number of nitrogens with zero attached hydrogens (tertiary/aromatic N) is 2. The normalized spacial score (nSPS) is 13.1. The smallest absolute Gasteiger partial charge is 0.114 e. The maximum absolute atomic E-state index is 4.81. The van der Waals surface area contributed by atoms with Crippen LogP contribution in [0.15, 0.2) is 84.2 Å². The summed E-state index contributed by atoms with van der Waals surface area (Å²) in [4.78, 5) is 3.85. The van der Waals surface area contributed by atoms with E-state index in [1.165, 1.54) is 195 Å². The number of fused-ring (bicyclic) bond motifs is 4. The van der Waals surface area contributed by atoms with Crippen LogP contribution in [0.2, 0.25) is 0 Å². The molecular weight excluding hydrogens is 737 g/mol. The van der Waals surface area contributed by atoms with E-state index < -0.39 is 0 Å². The van der Waals surface area contributed by atoms with Crippen molar-refractivity contribution in [1.82, 2.24) is 8.75 Å². The molecule has 0 N–H and O–H groups in total. The third-order valence-corrected chi connectivity index (χ3v) is 15.1. The van der Waals surface area contributed by atoms with Crippen molar-refractivity contribution in [3.05, 3.63) is 95.4 Å². The molecule has 56 heavy (non-hydrogen) atoms. The predicted molar refractivity (Wildman–Crippen MR) is 249 cm³/mol. The second kappa shape index (κ2) is 21.0. The lowest BCUT2D eigenvalue weighted by Crippen LogP contribution is -2.25. The molecule has 0 radical (unpaired) electrons. The van der Waals surface area contributed by atoms with Crippen LogP contribution in [0, 0.1) is 0 Å².